The van der Waals surface area contributed by atoms with Gasteiger partial charge in [0.15, 0.2) is 12.2 Å². The Labute approximate surface area is 169 Å². The zero-order valence-electron chi connectivity index (χ0n) is 15.4. The second-order valence-corrected chi connectivity index (χ2v) is 5.98. The van der Waals surface area contributed by atoms with Crippen molar-refractivity contribution in [2.75, 3.05) is 19.2 Å². The quantitative estimate of drug-likeness (QED) is 0.410. The lowest BCUT2D eigenvalue weighted by atomic mass is 10.2. The van der Waals surface area contributed by atoms with Gasteiger partial charge in [0.2, 0.25) is 0 Å². The van der Waals surface area contributed by atoms with Gasteiger partial charge in [-0.05, 0) is 23.8 Å². The van der Waals surface area contributed by atoms with Gasteiger partial charge in [0, 0.05) is 13.2 Å². The second kappa shape index (κ2) is 9.32. The topological polar surface area (TPSA) is 93.3 Å². The number of nitrogens with two attached hydrogens (primary N) is 1. The smallest absolute Gasteiger partial charge is 0.417 e. The van der Waals surface area contributed by atoms with E-state index in [-0.39, 0.29) is 17.4 Å². The Hall–Kier alpha value is -3.21. The molecule has 0 bridgehead atoms. The SMILES string of the molecule is COc1ccc(CO/N=C/N(C(N)=O)N(C)c2ncc(C(F)(F)F)cc2Cl)cc1. The van der Waals surface area contributed by atoms with E-state index in [0.717, 1.165) is 21.9 Å². The number of hydrazine groups is 1. The molecule has 0 unspecified atom stereocenters. The molecule has 2 rings (SSSR count). The number of hydrogen-bond donors (Lipinski definition) is 1. The predicted molar refractivity (Wildman–Crippen MR) is 100 cm³/mol. The number of hydrogen-bond acceptors (Lipinski definition) is 6. The summed E-state index contributed by atoms with van der Waals surface area (Å²) < 4.78 is 43.2. The maximum Gasteiger partial charge on any atom is 0.417 e. The van der Waals surface area contributed by atoms with Crippen LogP contribution in [0.4, 0.5) is 23.8 Å². The fourth-order valence-electron chi connectivity index (χ4n) is 2.12. The molecule has 0 aliphatic heterocycles. The summed E-state index contributed by atoms with van der Waals surface area (Å²) in [6.45, 7) is 0.0933. The van der Waals surface area contributed by atoms with Gasteiger partial charge in [0.1, 0.15) is 12.4 Å². The van der Waals surface area contributed by atoms with Crippen molar-refractivity contribution in [3.63, 3.8) is 0 Å². The molecular weight excluding hydrogens is 415 g/mol. The van der Waals surface area contributed by atoms with Crippen molar-refractivity contribution in [2.45, 2.75) is 12.8 Å². The van der Waals surface area contributed by atoms with Crippen LogP contribution in [-0.4, -0.2) is 36.5 Å². The number of carbonyl (C=O) groups is 1. The van der Waals surface area contributed by atoms with Crippen LogP contribution in [-0.2, 0) is 17.6 Å². The molecule has 0 fully saturated rings. The lowest BCUT2D eigenvalue weighted by Crippen LogP contribution is -2.47. The number of benzene rings is 1. The van der Waals surface area contributed by atoms with Crippen molar-refractivity contribution in [2.24, 2.45) is 10.9 Å². The summed E-state index contributed by atoms with van der Waals surface area (Å²) in [6, 6.07) is 6.71. The highest BCUT2D eigenvalue weighted by molar-refractivity contribution is 6.33. The van der Waals surface area contributed by atoms with Gasteiger partial charge < -0.3 is 15.3 Å². The molecule has 0 saturated carbocycles. The number of rotatable bonds is 7. The number of ether oxygens (including phenoxy) is 1. The lowest BCUT2D eigenvalue weighted by Gasteiger charge is -2.27. The summed E-state index contributed by atoms with van der Waals surface area (Å²) in [4.78, 5) is 20.4. The van der Waals surface area contributed by atoms with Crippen LogP contribution in [0.1, 0.15) is 11.1 Å². The largest absolute Gasteiger partial charge is 0.497 e. The zero-order valence-corrected chi connectivity index (χ0v) is 16.1. The van der Waals surface area contributed by atoms with Crippen molar-refractivity contribution < 1.29 is 27.5 Å². The number of primary amides is 1. The molecule has 2 amide bonds. The molecule has 1 heterocycles. The molecule has 2 N–H and O–H groups in total. The van der Waals surface area contributed by atoms with Gasteiger partial charge in [-0.2, -0.15) is 18.2 Å². The normalized spacial score (nSPS) is 11.4. The number of halogens is 4. The van der Waals surface area contributed by atoms with Gasteiger partial charge in [0.25, 0.3) is 0 Å². The number of methoxy groups -OCH3 is 1. The summed E-state index contributed by atoms with van der Waals surface area (Å²) in [5, 5.41) is 5.11. The highest BCUT2D eigenvalue weighted by atomic mass is 35.5. The lowest BCUT2D eigenvalue weighted by molar-refractivity contribution is -0.137. The Morgan fingerprint density at radius 2 is 2.00 bits per heavy atom. The summed E-state index contributed by atoms with van der Waals surface area (Å²) >= 11 is 5.88. The first-order valence-electron chi connectivity index (χ1n) is 7.97. The Morgan fingerprint density at radius 1 is 1.34 bits per heavy atom. The molecule has 1 aromatic heterocycles. The minimum Gasteiger partial charge on any atom is -0.497 e. The van der Waals surface area contributed by atoms with Crippen molar-refractivity contribution in [3.05, 3.63) is 52.7 Å². The minimum atomic E-state index is -4.60. The Balaban J connectivity index is 2.08. The molecule has 0 aliphatic rings. The number of carbonyl (C=O) groups excluding carboxylic acids is 1. The monoisotopic (exact) mass is 431 g/mol. The van der Waals surface area contributed by atoms with E-state index in [0.29, 0.717) is 18.0 Å². The number of anilines is 1. The first kappa shape index (κ1) is 22.1. The third-order valence-electron chi connectivity index (χ3n) is 3.63. The molecule has 2 aromatic rings. The molecule has 0 spiro atoms. The number of alkyl halides is 3. The Morgan fingerprint density at radius 3 is 2.52 bits per heavy atom. The standard InChI is InChI=1S/C17H17ClF3N5O3/c1-25(15-14(18)7-12(8-23-15)17(19,20)21)26(16(22)27)10-24-29-9-11-3-5-13(28-2)6-4-11/h3-8,10H,9H2,1-2H3,(H2,22,27)/b24-10+. The third kappa shape index (κ3) is 5.88. The van der Waals surface area contributed by atoms with Gasteiger partial charge in [-0.1, -0.05) is 28.9 Å². The van der Waals surface area contributed by atoms with Gasteiger partial charge in [-0.25, -0.2) is 9.78 Å². The van der Waals surface area contributed by atoms with E-state index < -0.39 is 17.8 Å². The first-order valence-corrected chi connectivity index (χ1v) is 8.34. The maximum absolute atomic E-state index is 12.7. The summed E-state index contributed by atoms with van der Waals surface area (Å²) in [5.41, 5.74) is 5.04. The summed E-state index contributed by atoms with van der Waals surface area (Å²) in [5.74, 6) is 0.541. The average Bonchev–Trinajstić information content (AvgIpc) is 2.67. The van der Waals surface area contributed by atoms with Crippen LogP contribution in [0.3, 0.4) is 0 Å². The van der Waals surface area contributed by atoms with Gasteiger partial charge in [0.05, 0.1) is 17.7 Å². The van der Waals surface area contributed by atoms with E-state index >= 15 is 0 Å². The molecule has 0 aliphatic carbocycles. The van der Waals surface area contributed by atoms with E-state index in [1.807, 2.05) is 0 Å². The number of oxime groups is 1. The van der Waals surface area contributed by atoms with E-state index in [1.54, 1.807) is 31.4 Å². The highest BCUT2D eigenvalue weighted by Gasteiger charge is 2.32. The molecule has 8 nitrogen and oxygen atoms in total. The van der Waals surface area contributed by atoms with Crippen LogP contribution in [0, 0.1) is 0 Å². The maximum atomic E-state index is 12.7. The van der Waals surface area contributed by atoms with Crippen LogP contribution in [0.5, 0.6) is 5.75 Å². The number of urea groups is 1. The molecule has 156 valence electrons. The van der Waals surface area contributed by atoms with Crippen LogP contribution in [0.15, 0.2) is 41.7 Å². The number of pyridine rings is 1. The summed E-state index contributed by atoms with van der Waals surface area (Å²) in [7, 11) is 2.87. The van der Waals surface area contributed by atoms with Gasteiger partial charge in [-0.15, -0.1) is 0 Å². The van der Waals surface area contributed by atoms with Crippen molar-refractivity contribution >= 4 is 29.8 Å². The van der Waals surface area contributed by atoms with Crippen LogP contribution in [0.25, 0.3) is 0 Å². The predicted octanol–water partition coefficient (Wildman–Crippen LogP) is 3.65. The molecule has 1 aromatic carbocycles. The average molecular weight is 432 g/mol. The minimum absolute atomic E-state index is 0.0933. The first-order chi connectivity index (χ1) is 13.6. The fraction of sp³-hybridized carbons (Fsp3) is 0.235. The third-order valence-corrected chi connectivity index (χ3v) is 3.90. The van der Waals surface area contributed by atoms with E-state index in [9.17, 15) is 18.0 Å². The van der Waals surface area contributed by atoms with Crippen LogP contribution >= 0.6 is 11.6 Å². The van der Waals surface area contributed by atoms with Crippen LogP contribution in [0.2, 0.25) is 5.02 Å². The van der Waals surface area contributed by atoms with Crippen molar-refractivity contribution in [1.29, 1.82) is 0 Å². The highest BCUT2D eigenvalue weighted by Crippen LogP contribution is 2.33. The number of amides is 2. The molecule has 0 atom stereocenters. The zero-order chi connectivity index (χ0) is 21.6. The summed E-state index contributed by atoms with van der Waals surface area (Å²) in [6.07, 6.45) is -3.07. The molecule has 0 radical (unpaired) electrons. The number of nitrogens with zero attached hydrogens (tertiary/aromatic N) is 4. The molecule has 0 saturated heterocycles. The number of aromatic nitrogens is 1. The van der Waals surface area contributed by atoms with Crippen molar-refractivity contribution in [3.8, 4) is 5.75 Å². The Kier molecular flexibility index (Phi) is 7.10. The molecule has 12 heteroatoms. The second-order valence-electron chi connectivity index (χ2n) is 5.58. The molecular formula is C17H17ClF3N5O3. The van der Waals surface area contributed by atoms with Gasteiger partial charge >= 0.3 is 12.2 Å². The fourth-order valence-corrected chi connectivity index (χ4v) is 2.41. The van der Waals surface area contributed by atoms with Gasteiger partial charge in [-0.3, -0.25) is 5.01 Å². The van der Waals surface area contributed by atoms with Crippen LogP contribution < -0.4 is 15.5 Å². The Bertz CT molecular complexity index is 878. The van der Waals surface area contributed by atoms with E-state index in [1.165, 1.54) is 7.05 Å². The molecule has 29 heavy (non-hydrogen) atoms. The van der Waals surface area contributed by atoms with E-state index in [2.05, 4.69) is 10.1 Å². The van der Waals surface area contributed by atoms with E-state index in [4.69, 9.17) is 26.9 Å². The van der Waals surface area contributed by atoms with Crippen molar-refractivity contribution in [1.82, 2.24) is 9.99 Å².